The summed E-state index contributed by atoms with van der Waals surface area (Å²) in [5, 5.41) is 3.45. The summed E-state index contributed by atoms with van der Waals surface area (Å²) >= 11 is 0. The molecule has 0 radical (unpaired) electrons. The van der Waals surface area contributed by atoms with Gasteiger partial charge < -0.3 is 5.32 Å². The summed E-state index contributed by atoms with van der Waals surface area (Å²) in [5.74, 6) is 0. The molecule has 0 aromatic heterocycles. The van der Waals surface area contributed by atoms with Crippen molar-refractivity contribution in [2.45, 2.75) is 13.0 Å². The summed E-state index contributed by atoms with van der Waals surface area (Å²) < 4.78 is 0. The molecule has 2 rings (SSSR count). The van der Waals surface area contributed by atoms with Gasteiger partial charge in [0.2, 0.25) is 0 Å². The number of rotatable bonds is 4. The molecular formula is C16H17N. The van der Waals surface area contributed by atoms with Gasteiger partial charge in [-0.1, -0.05) is 54.1 Å². The van der Waals surface area contributed by atoms with Gasteiger partial charge in [0.15, 0.2) is 0 Å². The third-order valence-electron chi connectivity index (χ3n) is 2.77. The summed E-state index contributed by atoms with van der Waals surface area (Å²) in [6, 6.07) is 18.9. The Bertz CT molecular complexity index is 471. The van der Waals surface area contributed by atoms with Crippen LogP contribution in [0.3, 0.4) is 0 Å². The van der Waals surface area contributed by atoms with Crippen LogP contribution >= 0.6 is 0 Å². The molecule has 0 spiro atoms. The zero-order chi connectivity index (χ0) is 12.1. The van der Waals surface area contributed by atoms with Crippen LogP contribution in [-0.2, 0) is 0 Å². The molecule has 0 saturated heterocycles. The minimum atomic E-state index is 0.152. The van der Waals surface area contributed by atoms with Gasteiger partial charge in [-0.05, 0) is 24.6 Å². The molecule has 2 aromatic carbocycles. The molecule has 1 atom stereocenters. The molecule has 0 saturated carbocycles. The number of benzene rings is 2. The monoisotopic (exact) mass is 223 g/mol. The fraction of sp³-hybridized carbons (Fsp3) is 0.125. The van der Waals surface area contributed by atoms with E-state index in [1.54, 1.807) is 0 Å². The zero-order valence-corrected chi connectivity index (χ0v) is 10.1. The Morgan fingerprint density at radius 1 is 1.00 bits per heavy atom. The Morgan fingerprint density at radius 3 is 2.24 bits per heavy atom. The van der Waals surface area contributed by atoms with Gasteiger partial charge in [-0.25, -0.2) is 0 Å². The lowest BCUT2D eigenvalue weighted by Gasteiger charge is -2.16. The molecule has 0 aliphatic rings. The molecular weight excluding hydrogens is 206 g/mol. The van der Waals surface area contributed by atoms with Crippen LogP contribution in [-0.4, -0.2) is 0 Å². The quantitative estimate of drug-likeness (QED) is 0.760. The summed E-state index contributed by atoms with van der Waals surface area (Å²) in [6.07, 6.45) is 1.93. The van der Waals surface area contributed by atoms with Crippen molar-refractivity contribution in [2.75, 3.05) is 5.32 Å². The van der Waals surface area contributed by atoms with Crippen LogP contribution < -0.4 is 5.32 Å². The second-order valence-electron chi connectivity index (χ2n) is 4.13. The van der Waals surface area contributed by atoms with Crippen molar-refractivity contribution in [3.8, 4) is 0 Å². The predicted molar refractivity (Wildman–Crippen MR) is 74.2 cm³/mol. The van der Waals surface area contributed by atoms with Gasteiger partial charge in [0.05, 0.1) is 6.04 Å². The highest BCUT2D eigenvalue weighted by Crippen LogP contribution is 2.20. The van der Waals surface area contributed by atoms with E-state index in [-0.39, 0.29) is 6.04 Å². The summed E-state index contributed by atoms with van der Waals surface area (Å²) in [6.45, 7) is 5.98. The highest BCUT2D eigenvalue weighted by Gasteiger charge is 2.05. The molecule has 1 heteroatoms. The largest absolute Gasteiger partial charge is 0.375 e. The van der Waals surface area contributed by atoms with Crippen LogP contribution in [0.4, 0.5) is 5.69 Å². The molecule has 86 valence electrons. The average molecular weight is 223 g/mol. The number of anilines is 1. The van der Waals surface area contributed by atoms with Crippen molar-refractivity contribution in [3.63, 3.8) is 0 Å². The third kappa shape index (κ3) is 2.97. The molecule has 2 aromatic rings. The summed E-state index contributed by atoms with van der Waals surface area (Å²) in [5.41, 5.74) is 3.61. The Labute approximate surface area is 103 Å². The molecule has 1 unspecified atom stereocenters. The van der Waals surface area contributed by atoms with E-state index in [9.17, 15) is 0 Å². The lowest BCUT2D eigenvalue weighted by atomic mass is 10.1. The zero-order valence-electron chi connectivity index (χ0n) is 10.1. The second-order valence-corrected chi connectivity index (χ2v) is 4.13. The van der Waals surface area contributed by atoms with E-state index < -0.39 is 0 Å². The van der Waals surface area contributed by atoms with Crippen LogP contribution in [0.5, 0.6) is 0 Å². The smallest absolute Gasteiger partial charge is 0.0695 e. The van der Waals surface area contributed by atoms with Gasteiger partial charge in [0, 0.05) is 5.69 Å². The van der Waals surface area contributed by atoms with E-state index in [4.69, 9.17) is 0 Å². The first-order valence-corrected chi connectivity index (χ1v) is 5.80. The van der Waals surface area contributed by atoms with E-state index in [0.717, 1.165) is 5.69 Å². The molecule has 0 fully saturated rings. The normalized spacial score (nSPS) is 11.8. The lowest BCUT2D eigenvalue weighted by Crippen LogP contribution is -2.07. The van der Waals surface area contributed by atoms with Gasteiger partial charge in [0.1, 0.15) is 0 Å². The SMILES string of the molecule is C=CC(Nc1ccc(C)cc1)c1ccccc1. The Hall–Kier alpha value is -2.02. The van der Waals surface area contributed by atoms with E-state index >= 15 is 0 Å². The highest BCUT2D eigenvalue weighted by atomic mass is 14.9. The van der Waals surface area contributed by atoms with E-state index in [0.29, 0.717) is 0 Å². The molecule has 17 heavy (non-hydrogen) atoms. The maximum Gasteiger partial charge on any atom is 0.0695 e. The van der Waals surface area contributed by atoms with Crippen LogP contribution in [0.15, 0.2) is 67.3 Å². The Balaban J connectivity index is 2.16. The summed E-state index contributed by atoms with van der Waals surface area (Å²) in [4.78, 5) is 0. The van der Waals surface area contributed by atoms with Gasteiger partial charge in [-0.15, -0.1) is 6.58 Å². The second kappa shape index (κ2) is 5.35. The van der Waals surface area contributed by atoms with Crippen LogP contribution in [0.1, 0.15) is 17.2 Å². The predicted octanol–water partition coefficient (Wildman–Crippen LogP) is 4.33. The molecule has 0 aliphatic carbocycles. The van der Waals surface area contributed by atoms with Gasteiger partial charge in [0.25, 0.3) is 0 Å². The minimum absolute atomic E-state index is 0.152. The standard InChI is InChI=1S/C16H17N/c1-3-16(14-7-5-4-6-8-14)17-15-11-9-13(2)10-12-15/h3-12,16-17H,1H2,2H3. The first-order chi connectivity index (χ1) is 8.29. The average Bonchev–Trinajstić information content (AvgIpc) is 2.39. The van der Waals surface area contributed by atoms with Gasteiger partial charge >= 0.3 is 0 Å². The number of hydrogen-bond donors (Lipinski definition) is 1. The van der Waals surface area contributed by atoms with Crippen molar-refractivity contribution in [1.82, 2.24) is 0 Å². The van der Waals surface area contributed by atoms with Gasteiger partial charge in [-0.3, -0.25) is 0 Å². The first kappa shape index (κ1) is 11.5. The van der Waals surface area contributed by atoms with E-state index in [1.807, 2.05) is 24.3 Å². The van der Waals surface area contributed by atoms with Crippen molar-refractivity contribution in [2.24, 2.45) is 0 Å². The van der Waals surface area contributed by atoms with Gasteiger partial charge in [-0.2, -0.15) is 0 Å². The molecule has 0 amide bonds. The van der Waals surface area contributed by atoms with Crippen LogP contribution in [0.2, 0.25) is 0 Å². The third-order valence-corrected chi connectivity index (χ3v) is 2.77. The van der Waals surface area contributed by atoms with Crippen molar-refractivity contribution >= 4 is 5.69 Å². The minimum Gasteiger partial charge on any atom is -0.375 e. The fourth-order valence-electron chi connectivity index (χ4n) is 1.77. The molecule has 1 nitrogen and oxygen atoms in total. The Kier molecular flexibility index (Phi) is 3.61. The Morgan fingerprint density at radius 2 is 1.65 bits per heavy atom. The van der Waals surface area contributed by atoms with Crippen molar-refractivity contribution < 1.29 is 0 Å². The van der Waals surface area contributed by atoms with E-state index in [1.165, 1.54) is 11.1 Å². The molecule has 1 N–H and O–H groups in total. The van der Waals surface area contributed by atoms with Crippen LogP contribution in [0, 0.1) is 6.92 Å². The maximum absolute atomic E-state index is 3.89. The first-order valence-electron chi connectivity index (χ1n) is 5.80. The maximum atomic E-state index is 3.89. The molecule has 0 aliphatic heterocycles. The summed E-state index contributed by atoms with van der Waals surface area (Å²) in [7, 11) is 0. The molecule has 0 bridgehead atoms. The topological polar surface area (TPSA) is 12.0 Å². The van der Waals surface area contributed by atoms with Crippen molar-refractivity contribution in [1.29, 1.82) is 0 Å². The highest BCUT2D eigenvalue weighted by molar-refractivity contribution is 5.47. The number of nitrogens with one attached hydrogen (secondary N) is 1. The van der Waals surface area contributed by atoms with E-state index in [2.05, 4.69) is 55.2 Å². The van der Waals surface area contributed by atoms with Crippen LogP contribution in [0.25, 0.3) is 0 Å². The molecule has 0 heterocycles. The number of aryl methyl sites for hydroxylation is 1. The number of hydrogen-bond acceptors (Lipinski definition) is 1. The fourth-order valence-corrected chi connectivity index (χ4v) is 1.77. The lowest BCUT2D eigenvalue weighted by molar-refractivity contribution is 0.988. The van der Waals surface area contributed by atoms with Crippen molar-refractivity contribution in [3.05, 3.63) is 78.4 Å².